The third-order valence-corrected chi connectivity index (χ3v) is 4.38. The third kappa shape index (κ3) is 4.90. The second-order valence-corrected chi connectivity index (χ2v) is 6.50. The summed E-state index contributed by atoms with van der Waals surface area (Å²) in [5, 5.41) is 8.17. The average molecular weight is 378 g/mol. The quantitative estimate of drug-likeness (QED) is 0.642. The van der Waals surface area contributed by atoms with Crippen molar-refractivity contribution in [3.63, 3.8) is 0 Å². The van der Waals surface area contributed by atoms with Gasteiger partial charge in [0, 0.05) is 35.4 Å². The standard InChI is InChI=1S/C17H17Cl2N5O/c18-14-5-3-13(15(19)8-14)4-6-16(25)20-7-1-2-12-9-21-17-22-11-23-24(17)10-12/h3,5,8-11H,1-2,4,6-7H2,(H,20,25). The normalized spacial score (nSPS) is 11.0. The number of halogens is 2. The lowest BCUT2D eigenvalue weighted by Crippen LogP contribution is -2.25. The SMILES string of the molecule is O=C(CCc1ccc(Cl)cc1Cl)NCCCc1cnc2ncnn2c1. The first-order valence-corrected chi connectivity index (χ1v) is 8.72. The van der Waals surface area contributed by atoms with E-state index in [-0.39, 0.29) is 5.91 Å². The van der Waals surface area contributed by atoms with Crippen LogP contribution in [0.4, 0.5) is 0 Å². The molecule has 0 radical (unpaired) electrons. The molecule has 0 saturated heterocycles. The summed E-state index contributed by atoms with van der Waals surface area (Å²) in [6.45, 7) is 0.614. The van der Waals surface area contributed by atoms with E-state index in [1.165, 1.54) is 6.33 Å². The number of hydrogen-bond donors (Lipinski definition) is 1. The van der Waals surface area contributed by atoms with E-state index in [9.17, 15) is 4.79 Å². The van der Waals surface area contributed by atoms with Crippen LogP contribution in [0.5, 0.6) is 0 Å². The maximum absolute atomic E-state index is 11.9. The van der Waals surface area contributed by atoms with Gasteiger partial charge in [-0.25, -0.2) is 9.50 Å². The van der Waals surface area contributed by atoms with Crippen molar-refractivity contribution in [2.75, 3.05) is 6.54 Å². The molecule has 2 heterocycles. The number of aryl methyl sites for hydroxylation is 2. The third-order valence-electron chi connectivity index (χ3n) is 3.79. The molecule has 1 N–H and O–H groups in total. The number of amides is 1. The first-order valence-electron chi connectivity index (χ1n) is 7.97. The van der Waals surface area contributed by atoms with Gasteiger partial charge >= 0.3 is 0 Å². The zero-order chi connectivity index (χ0) is 17.6. The first kappa shape index (κ1) is 17.6. The van der Waals surface area contributed by atoms with Crippen molar-refractivity contribution in [2.24, 2.45) is 0 Å². The van der Waals surface area contributed by atoms with Crippen LogP contribution in [-0.2, 0) is 17.6 Å². The Morgan fingerprint density at radius 3 is 2.92 bits per heavy atom. The number of nitrogens with zero attached hydrogens (tertiary/aromatic N) is 4. The lowest BCUT2D eigenvalue weighted by molar-refractivity contribution is -0.121. The summed E-state index contributed by atoms with van der Waals surface area (Å²) in [5.41, 5.74) is 1.98. The molecule has 6 nitrogen and oxygen atoms in total. The minimum atomic E-state index is 0.0101. The highest BCUT2D eigenvalue weighted by molar-refractivity contribution is 6.35. The van der Waals surface area contributed by atoms with Crippen LogP contribution in [0.2, 0.25) is 10.0 Å². The van der Waals surface area contributed by atoms with Crippen LogP contribution in [0.15, 0.2) is 36.9 Å². The zero-order valence-corrected chi connectivity index (χ0v) is 15.0. The molecular weight excluding hydrogens is 361 g/mol. The molecule has 0 atom stereocenters. The summed E-state index contributed by atoms with van der Waals surface area (Å²) in [7, 11) is 0. The summed E-state index contributed by atoms with van der Waals surface area (Å²) in [5.74, 6) is 0.591. The highest BCUT2D eigenvalue weighted by Gasteiger charge is 2.06. The predicted octanol–water partition coefficient (Wildman–Crippen LogP) is 3.11. The van der Waals surface area contributed by atoms with Gasteiger partial charge in [0.25, 0.3) is 5.78 Å². The minimum absolute atomic E-state index is 0.0101. The van der Waals surface area contributed by atoms with Crippen molar-refractivity contribution in [1.29, 1.82) is 0 Å². The minimum Gasteiger partial charge on any atom is -0.356 e. The largest absolute Gasteiger partial charge is 0.356 e. The molecule has 8 heteroatoms. The van der Waals surface area contributed by atoms with Gasteiger partial charge in [-0.1, -0.05) is 29.3 Å². The maximum atomic E-state index is 11.9. The predicted molar refractivity (Wildman–Crippen MR) is 96.9 cm³/mol. The fourth-order valence-electron chi connectivity index (χ4n) is 2.47. The lowest BCUT2D eigenvalue weighted by Gasteiger charge is -2.07. The molecule has 130 valence electrons. The molecule has 2 aromatic heterocycles. The fourth-order valence-corrected chi connectivity index (χ4v) is 2.97. The number of aromatic nitrogens is 4. The average Bonchev–Trinajstić information content (AvgIpc) is 3.05. The van der Waals surface area contributed by atoms with E-state index in [4.69, 9.17) is 23.2 Å². The van der Waals surface area contributed by atoms with Crippen LogP contribution >= 0.6 is 23.2 Å². The zero-order valence-electron chi connectivity index (χ0n) is 13.5. The molecule has 25 heavy (non-hydrogen) atoms. The van der Waals surface area contributed by atoms with E-state index in [1.54, 1.807) is 22.8 Å². The molecule has 0 unspecified atom stereocenters. The van der Waals surface area contributed by atoms with Crippen molar-refractivity contribution in [2.45, 2.75) is 25.7 Å². The van der Waals surface area contributed by atoms with Gasteiger partial charge < -0.3 is 5.32 Å². The van der Waals surface area contributed by atoms with E-state index in [0.29, 0.717) is 35.2 Å². The lowest BCUT2D eigenvalue weighted by atomic mass is 10.1. The number of fused-ring (bicyclic) bond motifs is 1. The Bertz CT molecular complexity index is 880. The van der Waals surface area contributed by atoms with Gasteiger partial charge in [-0.2, -0.15) is 10.1 Å². The molecule has 0 aliphatic carbocycles. The van der Waals surface area contributed by atoms with Gasteiger partial charge in [0.05, 0.1) is 0 Å². The Hall–Kier alpha value is -2.18. The molecule has 0 fully saturated rings. The van der Waals surface area contributed by atoms with Gasteiger partial charge in [-0.3, -0.25) is 4.79 Å². The topological polar surface area (TPSA) is 72.2 Å². The number of rotatable bonds is 7. The molecule has 3 aromatic rings. The Morgan fingerprint density at radius 2 is 2.08 bits per heavy atom. The van der Waals surface area contributed by atoms with Gasteiger partial charge in [-0.05, 0) is 42.5 Å². The molecule has 0 aliphatic heterocycles. The van der Waals surface area contributed by atoms with E-state index >= 15 is 0 Å². The van der Waals surface area contributed by atoms with Crippen molar-refractivity contribution in [3.8, 4) is 0 Å². The Kier molecular flexibility index (Phi) is 5.83. The molecule has 0 bridgehead atoms. The summed E-state index contributed by atoms with van der Waals surface area (Å²) >= 11 is 12.0. The monoisotopic (exact) mass is 377 g/mol. The molecule has 0 spiro atoms. The van der Waals surface area contributed by atoms with E-state index < -0.39 is 0 Å². The van der Waals surface area contributed by atoms with E-state index in [2.05, 4.69) is 20.4 Å². The summed E-state index contributed by atoms with van der Waals surface area (Å²) < 4.78 is 1.64. The van der Waals surface area contributed by atoms with Crippen molar-refractivity contribution in [1.82, 2.24) is 24.9 Å². The van der Waals surface area contributed by atoms with Gasteiger partial charge in [0.2, 0.25) is 5.91 Å². The maximum Gasteiger partial charge on any atom is 0.252 e. The Labute approximate surface area is 155 Å². The first-order chi connectivity index (χ1) is 12.1. The second-order valence-electron chi connectivity index (χ2n) is 5.66. The number of benzene rings is 1. The second kappa shape index (κ2) is 8.27. The fraction of sp³-hybridized carbons (Fsp3) is 0.294. The van der Waals surface area contributed by atoms with Gasteiger partial charge in [0.15, 0.2) is 0 Å². The summed E-state index contributed by atoms with van der Waals surface area (Å²) in [6.07, 6.45) is 7.79. The van der Waals surface area contributed by atoms with Crippen LogP contribution in [0.25, 0.3) is 5.78 Å². The smallest absolute Gasteiger partial charge is 0.252 e. The molecule has 1 amide bonds. The summed E-state index contributed by atoms with van der Waals surface area (Å²) in [4.78, 5) is 20.1. The molecule has 1 aromatic carbocycles. The highest BCUT2D eigenvalue weighted by atomic mass is 35.5. The van der Waals surface area contributed by atoms with Crippen LogP contribution in [0.3, 0.4) is 0 Å². The van der Waals surface area contributed by atoms with Crippen LogP contribution in [0, 0.1) is 0 Å². The van der Waals surface area contributed by atoms with E-state index in [1.807, 2.05) is 12.3 Å². The molecule has 0 saturated carbocycles. The Balaban J connectivity index is 1.38. The van der Waals surface area contributed by atoms with E-state index in [0.717, 1.165) is 24.0 Å². The summed E-state index contributed by atoms with van der Waals surface area (Å²) in [6, 6.07) is 5.32. The molecular formula is C17H17Cl2N5O. The number of nitrogens with one attached hydrogen (secondary N) is 1. The van der Waals surface area contributed by atoms with Crippen LogP contribution in [0.1, 0.15) is 24.0 Å². The van der Waals surface area contributed by atoms with Crippen molar-refractivity contribution < 1.29 is 4.79 Å². The van der Waals surface area contributed by atoms with Gasteiger partial charge in [0.1, 0.15) is 6.33 Å². The van der Waals surface area contributed by atoms with Crippen LogP contribution < -0.4 is 5.32 Å². The number of carbonyl (C=O) groups excluding carboxylic acids is 1. The van der Waals surface area contributed by atoms with Gasteiger partial charge in [-0.15, -0.1) is 0 Å². The van der Waals surface area contributed by atoms with Crippen LogP contribution in [-0.4, -0.2) is 32.0 Å². The highest BCUT2D eigenvalue weighted by Crippen LogP contribution is 2.21. The number of hydrogen-bond acceptors (Lipinski definition) is 4. The van der Waals surface area contributed by atoms with Crippen molar-refractivity contribution >= 4 is 34.9 Å². The number of carbonyl (C=O) groups is 1. The Morgan fingerprint density at radius 1 is 1.20 bits per heavy atom. The molecule has 3 rings (SSSR count). The van der Waals surface area contributed by atoms with Crippen molar-refractivity contribution in [3.05, 3.63) is 58.1 Å². The molecule has 0 aliphatic rings.